The summed E-state index contributed by atoms with van der Waals surface area (Å²) in [6.45, 7) is 5.85. The third-order valence-corrected chi connectivity index (χ3v) is 5.01. The molecule has 3 rings (SSSR count). The maximum Gasteiger partial charge on any atom is 0.272 e. The summed E-state index contributed by atoms with van der Waals surface area (Å²) < 4.78 is 0. The van der Waals surface area contributed by atoms with Crippen molar-refractivity contribution < 1.29 is 4.79 Å². The minimum Gasteiger partial charge on any atom is -0.354 e. The smallest absolute Gasteiger partial charge is 0.272 e. The van der Waals surface area contributed by atoms with Crippen molar-refractivity contribution in [2.45, 2.75) is 26.7 Å². The Morgan fingerprint density at radius 1 is 1.25 bits per heavy atom. The van der Waals surface area contributed by atoms with E-state index in [0.717, 1.165) is 47.9 Å². The number of pyridine rings is 1. The van der Waals surface area contributed by atoms with E-state index in [2.05, 4.69) is 17.2 Å². The number of likely N-dealkylation sites (tertiary alicyclic amines) is 1. The van der Waals surface area contributed by atoms with Crippen LogP contribution >= 0.6 is 11.6 Å². The van der Waals surface area contributed by atoms with E-state index >= 15 is 0 Å². The zero-order valence-corrected chi connectivity index (χ0v) is 14.8. The molecule has 0 spiro atoms. The van der Waals surface area contributed by atoms with Gasteiger partial charge in [0, 0.05) is 23.8 Å². The molecule has 0 aliphatic carbocycles. The topological polar surface area (TPSA) is 45.2 Å². The molecule has 0 unspecified atom stereocenters. The quantitative estimate of drug-likeness (QED) is 0.881. The van der Waals surface area contributed by atoms with Crippen LogP contribution in [0.3, 0.4) is 0 Å². The van der Waals surface area contributed by atoms with Gasteiger partial charge in [0.1, 0.15) is 5.69 Å². The first-order valence-electron chi connectivity index (χ1n) is 8.32. The second-order valence-electron chi connectivity index (χ2n) is 6.44. The van der Waals surface area contributed by atoms with E-state index in [1.807, 2.05) is 36.1 Å². The van der Waals surface area contributed by atoms with Crippen molar-refractivity contribution in [2.75, 3.05) is 18.4 Å². The number of hydrogen-bond donors (Lipinski definition) is 1. The maximum atomic E-state index is 12.5. The molecule has 1 aromatic carbocycles. The van der Waals surface area contributed by atoms with Gasteiger partial charge < -0.3 is 10.2 Å². The van der Waals surface area contributed by atoms with Crippen molar-refractivity contribution in [1.82, 2.24) is 9.88 Å². The third-order valence-electron chi connectivity index (χ3n) is 4.60. The van der Waals surface area contributed by atoms with Gasteiger partial charge in [0.15, 0.2) is 0 Å². The summed E-state index contributed by atoms with van der Waals surface area (Å²) in [6, 6.07) is 9.40. The van der Waals surface area contributed by atoms with Crippen LogP contribution in [-0.2, 0) is 0 Å². The van der Waals surface area contributed by atoms with Crippen LogP contribution in [0.15, 0.2) is 36.5 Å². The summed E-state index contributed by atoms with van der Waals surface area (Å²) >= 11 is 6.14. The SMILES string of the molecule is Cc1c(Cl)cccc1Nc1ccc(C(=O)N2CCC(C)CC2)nc1. The molecule has 2 heterocycles. The summed E-state index contributed by atoms with van der Waals surface area (Å²) in [6.07, 6.45) is 3.83. The van der Waals surface area contributed by atoms with Crippen molar-refractivity contribution in [2.24, 2.45) is 5.92 Å². The highest BCUT2D eigenvalue weighted by Gasteiger charge is 2.22. The largest absolute Gasteiger partial charge is 0.354 e. The molecule has 0 bridgehead atoms. The molecule has 1 N–H and O–H groups in total. The standard InChI is InChI=1S/C19H22ClN3O/c1-13-8-10-23(11-9-13)19(24)18-7-6-15(12-21-18)22-17-5-3-4-16(20)14(17)2/h3-7,12-13,22H,8-11H2,1-2H3. The number of hydrogen-bond acceptors (Lipinski definition) is 3. The molecular weight excluding hydrogens is 322 g/mol. The molecule has 1 aliphatic rings. The lowest BCUT2D eigenvalue weighted by atomic mass is 9.99. The number of amides is 1. The van der Waals surface area contributed by atoms with Gasteiger partial charge in [-0.25, -0.2) is 4.98 Å². The average Bonchev–Trinajstić information content (AvgIpc) is 2.60. The van der Waals surface area contributed by atoms with Gasteiger partial charge >= 0.3 is 0 Å². The number of nitrogens with zero attached hydrogens (tertiary/aromatic N) is 2. The first kappa shape index (κ1) is 16.8. The molecule has 0 radical (unpaired) electrons. The number of halogens is 1. The highest BCUT2D eigenvalue weighted by Crippen LogP contribution is 2.26. The highest BCUT2D eigenvalue weighted by molar-refractivity contribution is 6.31. The molecular formula is C19H22ClN3O. The Morgan fingerprint density at radius 2 is 2.00 bits per heavy atom. The predicted molar refractivity (Wildman–Crippen MR) is 98.0 cm³/mol. The molecule has 1 saturated heterocycles. The van der Waals surface area contributed by atoms with Crippen LogP contribution in [0.4, 0.5) is 11.4 Å². The fraction of sp³-hybridized carbons (Fsp3) is 0.368. The summed E-state index contributed by atoms with van der Waals surface area (Å²) in [7, 11) is 0. The fourth-order valence-electron chi connectivity index (χ4n) is 2.87. The van der Waals surface area contributed by atoms with E-state index in [9.17, 15) is 4.79 Å². The molecule has 1 amide bonds. The van der Waals surface area contributed by atoms with Crippen molar-refractivity contribution in [3.63, 3.8) is 0 Å². The molecule has 1 aromatic heterocycles. The van der Waals surface area contributed by atoms with Crippen molar-refractivity contribution in [1.29, 1.82) is 0 Å². The van der Waals surface area contributed by atoms with E-state index in [1.165, 1.54) is 0 Å². The number of anilines is 2. The highest BCUT2D eigenvalue weighted by atomic mass is 35.5. The van der Waals surface area contributed by atoms with Gasteiger partial charge in [-0.05, 0) is 55.5 Å². The zero-order valence-electron chi connectivity index (χ0n) is 14.1. The van der Waals surface area contributed by atoms with Crippen LogP contribution in [0.5, 0.6) is 0 Å². The van der Waals surface area contributed by atoms with E-state index in [4.69, 9.17) is 11.6 Å². The van der Waals surface area contributed by atoms with Crippen LogP contribution in [0, 0.1) is 12.8 Å². The second-order valence-corrected chi connectivity index (χ2v) is 6.85. The Labute approximate surface area is 147 Å². The summed E-state index contributed by atoms with van der Waals surface area (Å²) in [4.78, 5) is 18.7. The molecule has 24 heavy (non-hydrogen) atoms. The van der Waals surface area contributed by atoms with E-state index in [0.29, 0.717) is 11.6 Å². The maximum absolute atomic E-state index is 12.5. The lowest BCUT2D eigenvalue weighted by Gasteiger charge is -2.30. The Balaban J connectivity index is 1.69. The van der Waals surface area contributed by atoms with Gasteiger partial charge in [-0.15, -0.1) is 0 Å². The molecule has 0 atom stereocenters. The number of aromatic nitrogens is 1. The predicted octanol–water partition coefficient (Wildman–Crippen LogP) is 4.66. The summed E-state index contributed by atoms with van der Waals surface area (Å²) in [5, 5.41) is 4.01. The molecule has 5 heteroatoms. The van der Waals surface area contributed by atoms with Crippen LogP contribution < -0.4 is 5.32 Å². The van der Waals surface area contributed by atoms with Gasteiger partial charge in [0.25, 0.3) is 5.91 Å². The van der Waals surface area contributed by atoms with E-state index < -0.39 is 0 Å². The van der Waals surface area contributed by atoms with E-state index in [1.54, 1.807) is 12.3 Å². The second kappa shape index (κ2) is 7.22. The number of rotatable bonds is 3. The monoisotopic (exact) mass is 343 g/mol. The van der Waals surface area contributed by atoms with E-state index in [-0.39, 0.29) is 5.91 Å². The first-order valence-corrected chi connectivity index (χ1v) is 8.70. The lowest BCUT2D eigenvalue weighted by molar-refractivity contribution is 0.0691. The third kappa shape index (κ3) is 3.70. The molecule has 0 saturated carbocycles. The zero-order chi connectivity index (χ0) is 17.1. The molecule has 4 nitrogen and oxygen atoms in total. The van der Waals surface area contributed by atoms with Crippen LogP contribution in [-0.4, -0.2) is 28.9 Å². The average molecular weight is 344 g/mol. The number of benzene rings is 1. The van der Waals surface area contributed by atoms with Gasteiger partial charge in [0.05, 0.1) is 11.9 Å². The van der Waals surface area contributed by atoms with Gasteiger partial charge in [-0.2, -0.15) is 0 Å². The normalized spacial score (nSPS) is 15.4. The van der Waals surface area contributed by atoms with Crippen LogP contribution in [0.1, 0.15) is 35.8 Å². The van der Waals surface area contributed by atoms with Crippen molar-refractivity contribution in [3.05, 3.63) is 52.8 Å². The minimum absolute atomic E-state index is 0.0207. The van der Waals surface area contributed by atoms with Gasteiger partial charge in [-0.3, -0.25) is 4.79 Å². The molecule has 1 fully saturated rings. The van der Waals surface area contributed by atoms with Gasteiger partial charge in [0.2, 0.25) is 0 Å². The number of piperidine rings is 1. The lowest BCUT2D eigenvalue weighted by Crippen LogP contribution is -2.38. The molecule has 2 aromatic rings. The Bertz CT molecular complexity index is 722. The van der Waals surface area contributed by atoms with Crippen molar-refractivity contribution >= 4 is 28.9 Å². The first-order chi connectivity index (χ1) is 11.5. The number of nitrogens with one attached hydrogen (secondary N) is 1. The number of carbonyl (C=O) groups excluding carboxylic acids is 1. The summed E-state index contributed by atoms with van der Waals surface area (Å²) in [5.74, 6) is 0.724. The van der Waals surface area contributed by atoms with Crippen LogP contribution in [0.25, 0.3) is 0 Å². The summed E-state index contributed by atoms with van der Waals surface area (Å²) in [5.41, 5.74) is 3.26. The Kier molecular flexibility index (Phi) is 5.05. The molecule has 126 valence electrons. The van der Waals surface area contributed by atoms with Gasteiger partial charge in [-0.1, -0.05) is 24.6 Å². The molecule has 1 aliphatic heterocycles. The van der Waals surface area contributed by atoms with Crippen LogP contribution in [0.2, 0.25) is 5.02 Å². The fourth-order valence-corrected chi connectivity index (χ4v) is 3.04. The Morgan fingerprint density at radius 3 is 2.67 bits per heavy atom. The minimum atomic E-state index is 0.0207. The van der Waals surface area contributed by atoms with Crippen molar-refractivity contribution in [3.8, 4) is 0 Å². The Hall–Kier alpha value is -2.07. The number of carbonyl (C=O) groups is 1.